The van der Waals surface area contributed by atoms with Crippen molar-refractivity contribution in [3.05, 3.63) is 112 Å². The quantitative estimate of drug-likeness (QED) is 0.164. The van der Waals surface area contributed by atoms with E-state index >= 15 is 0 Å². The van der Waals surface area contributed by atoms with Crippen molar-refractivity contribution in [2.24, 2.45) is 11.8 Å². The van der Waals surface area contributed by atoms with Crippen molar-refractivity contribution in [1.82, 2.24) is 20.1 Å². The molecule has 1 saturated heterocycles. The summed E-state index contributed by atoms with van der Waals surface area (Å²) in [5, 5.41) is 5.87. The molecule has 1 N–H and O–H groups in total. The van der Waals surface area contributed by atoms with Crippen LogP contribution in [0.3, 0.4) is 0 Å². The van der Waals surface area contributed by atoms with Crippen LogP contribution in [0.25, 0.3) is 0 Å². The predicted octanol–water partition coefficient (Wildman–Crippen LogP) is 8.64. The summed E-state index contributed by atoms with van der Waals surface area (Å²) in [5.41, 5.74) is 3.65. The first-order chi connectivity index (χ1) is 21.6. The minimum Gasteiger partial charge on any atom is -0.442 e. The molecular weight excluding hydrogens is 561 g/mol. The SMILES string of the molecule is CN(C)C(c1cccs1)C1CCC(CC(c2nc(Cc3ccccc3)c(CNCc3ccccc3)o2)N2CCCCC2)CC1. The molecule has 2 aliphatic rings. The number of benzene rings is 2. The summed E-state index contributed by atoms with van der Waals surface area (Å²) in [6.07, 6.45) is 11.0. The van der Waals surface area contributed by atoms with Crippen LogP contribution in [0.4, 0.5) is 0 Å². The molecule has 0 spiro atoms. The van der Waals surface area contributed by atoms with E-state index in [0.717, 1.165) is 55.7 Å². The number of hydrogen-bond donors (Lipinski definition) is 1. The van der Waals surface area contributed by atoms with Gasteiger partial charge in [0.05, 0.1) is 18.3 Å². The number of nitrogens with one attached hydrogen (secondary N) is 1. The minimum absolute atomic E-state index is 0.260. The van der Waals surface area contributed by atoms with Crippen LogP contribution in [0, 0.1) is 11.8 Å². The highest BCUT2D eigenvalue weighted by molar-refractivity contribution is 7.10. The average molecular weight is 611 g/mol. The lowest BCUT2D eigenvalue weighted by Crippen LogP contribution is -2.36. The number of nitrogens with zero attached hydrogens (tertiary/aromatic N) is 3. The Hall–Kier alpha value is -2.77. The Morgan fingerprint density at radius 3 is 2.23 bits per heavy atom. The standard InChI is InChI=1S/C38H50N4OS/c1-41(2)37(36-17-12-24-44-36)32-20-18-30(19-21-32)26-34(42-22-10-5-11-23-42)38-40-33(25-29-13-6-3-7-14-29)35(43-38)28-39-27-31-15-8-4-9-16-31/h3-4,6-9,12-17,24,30,32,34,37,39H,5,10-11,18-23,25-28H2,1-2H3. The van der Waals surface area contributed by atoms with E-state index in [1.165, 1.54) is 60.9 Å². The molecule has 3 heterocycles. The van der Waals surface area contributed by atoms with Gasteiger partial charge in [-0.25, -0.2) is 4.98 Å². The zero-order valence-electron chi connectivity index (χ0n) is 26.7. The maximum Gasteiger partial charge on any atom is 0.212 e. The number of hydrogen-bond acceptors (Lipinski definition) is 6. The summed E-state index contributed by atoms with van der Waals surface area (Å²) in [7, 11) is 4.51. The van der Waals surface area contributed by atoms with E-state index in [9.17, 15) is 0 Å². The van der Waals surface area contributed by atoms with E-state index in [0.29, 0.717) is 18.5 Å². The lowest BCUT2D eigenvalue weighted by Gasteiger charge is -2.39. The van der Waals surface area contributed by atoms with Crippen molar-refractivity contribution in [2.45, 2.75) is 83.0 Å². The summed E-state index contributed by atoms with van der Waals surface area (Å²) in [5.74, 6) is 3.39. The second-order valence-electron chi connectivity index (χ2n) is 13.2. The molecule has 1 saturated carbocycles. The van der Waals surface area contributed by atoms with Crippen molar-refractivity contribution < 1.29 is 4.42 Å². The summed E-state index contributed by atoms with van der Waals surface area (Å²) >= 11 is 1.91. The van der Waals surface area contributed by atoms with Gasteiger partial charge in [-0.3, -0.25) is 4.90 Å². The molecule has 4 aromatic rings. The van der Waals surface area contributed by atoms with Gasteiger partial charge in [-0.2, -0.15) is 0 Å². The fraction of sp³-hybridized carbons (Fsp3) is 0.500. The number of piperidine rings is 1. The largest absolute Gasteiger partial charge is 0.442 e. The van der Waals surface area contributed by atoms with Gasteiger partial charge >= 0.3 is 0 Å². The van der Waals surface area contributed by atoms with E-state index in [-0.39, 0.29) is 6.04 Å². The van der Waals surface area contributed by atoms with Gasteiger partial charge in [0.25, 0.3) is 0 Å². The Kier molecular flexibility index (Phi) is 11.0. The molecule has 6 rings (SSSR count). The Bertz CT molecular complexity index is 1370. The van der Waals surface area contributed by atoms with Crippen molar-refractivity contribution >= 4 is 11.3 Å². The molecular formula is C38H50N4OS. The van der Waals surface area contributed by atoms with E-state index in [4.69, 9.17) is 9.40 Å². The second-order valence-corrected chi connectivity index (χ2v) is 14.2. The number of aromatic nitrogens is 1. The molecule has 1 aliphatic carbocycles. The van der Waals surface area contributed by atoms with Crippen LogP contribution in [-0.2, 0) is 19.5 Å². The molecule has 2 fully saturated rings. The summed E-state index contributed by atoms with van der Waals surface area (Å²) in [6, 6.07) is 26.7. The van der Waals surface area contributed by atoms with Crippen LogP contribution in [0.5, 0.6) is 0 Å². The maximum absolute atomic E-state index is 6.80. The highest BCUT2D eigenvalue weighted by atomic mass is 32.1. The molecule has 234 valence electrons. The van der Waals surface area contributed by atoms with Crippen molar-refractivity contribution in [3.8, 4) is 0 Å². The van der Waals surface area contributed by atoms with Gasteiger partial charge in [0, 0.05) is 23.9 Å². The molecule has 2 aromatic carbocycles. The molecule has 0 amide bonds. The van der Waals surface area contributed by atoms with Gasteiger partial charge in [0.15, 0.2) is 0 Å². The van der Waals surface area contributed by atoms with Crippen LogP contribution in [-0.4, -0.2) is 42.0 Å². The number of likely N-dealkylation sites (tertiary alicyclic amines) is 1. The van der Waals surface area contributed by atoms with E-state index < -0.39 is 0 Å². The molecule has 2 unspecified atom stereocenters. The van der Waals surface area contributed by atoms with Gasteiger partial charge in [-0.15, -0.1) is 11.3 Å². The van der Waals surface area contributed by atoms with E-state index in [2.05, 4.69) is 107 Å². The lowest BCUT2D eigenvalue weighted by atomic mass is 9.75. The Morgan fingerprint density at radius 2 is 1.57 bits per heavy atom. The van der Waals surface area contributed by atoms with Crippen LogP contribution < -0.4 is 5.32 Å². The minimum atomic E-state index is 0.260. The third-order valence-electron chi connectivity index (χ3n) is 9.87. The maximum atomic E-state index is 6.80. The summed E-state index contributed by atoms with van der Waals surface area (Å²) in [4.78, 5) is 12.0. The zero-order chi connectivity index (χ0) is 30.1. The second kappa shape index (κ2) is 15.5. The Balaban J connectivity index is 1.19. The Labute approximate surface area is 268 Å². The Morgan fingerprint density at radius 1 is 0.864 bits per heavy atom. The van der Waals surface area contributed by atoms with Gasteiger partial charge in [0.2, 0.25) is 5.89 Å². The van der Waals surface area contributed by atoms with Crippen LogP contribution in [0.15, 0.2) is 82.6 Å². The van der Waals surface area contributed by atoms with Crippen molar-refractivity contribution in [3.63, 3.8) is 0 Å². The van der Waals surface area contributed by atoms with Gasteiger partial charge in [-0.1, -0.05) is 86.0 Å². The molecule has 6 heteroatoms. The van der Waals surface area contributed by atoms with Crippen molar-refractivity contribution in [1.29, 1.82) is 0 Å². The van der Waals surface area contributed by atoms with E-state index in [1.54, 1.807) is 0 Å². The van der Waals surface area contributed by atoms with Gasteiger partial charge in [-0.05, 0) is 93.7 Å². The molecule has 0 radical (unpaired) electrons. The summed E-state index contributed by atoms with van der Waals surface area (Å²) < 4.78 is 6.80. The highest BCUT2D eigenvalue weighted by Gasteiger charge is 2.35. The number of rotatable bonds is 13. The smallest absolute Gasteiger partial charge is 0.212 e. The third-order valence-corrected chi connectivity index (χ3v) is 10.8. The predicted molar refractivity (Wildman–Crippen MR) is 182 cm³/mol. The van der Waals surface area contributed by atoms with E-state index in [1.807, 2.05) is 11.3 Å². The third kappa shape index (κ3) is 8.08. The van der Waals surface area contributed by atoms with Crippen LogP contribution in [0.1, 0.15) is 96.8 Å². The molecule has 0 bridgehead atoms. The van der Waals surface area contributed by atoms with Crippen LogP contribution in [0.2, 0.25) is 0 Å². The molecule has 1 aliphatic heterocycles. The molecule has 2 aromatic heterocycles. The van der Waals surface area contributed by atoms with Gasteiger partial charge in [0.1, 0.15) is 5.76 Å². The fourth-order valence-electron chi connectivity index (χ4n) is 7.59. The first kappa shape index (κ1) is 31.2. The lowest BCUT2D eigenvalue weighted by molar-refractivity contribution is 0.0939. The first-order valence-corrected chi connectivity index (χ1v) is 17.7. The topological polar surface area (TPSA) is 44.5 Å². The number of thiophene rings is 1. The number of oxazole rings is 1. The van der Waals surface area contributed by atoms with Crippen molar-refractivity contribution in [2.75, 3.05) is 27.2 Å². The monoisotopic (exact) mass is 610 g/mol. The van der Waals surface area contributed by atoms with Crippen LogP contribution >= 0.6 is 11.3 Å². The zero-order valence-corrected chi connectivity index (χ0v) is 27.5. The normalized spacial score (nSPS) is 21.0. The molecule has 5 nitrogen and oxygen atoms in total. The summed E-state index contributed by atoms with van der Waals surface area (Å²) in [6.45, 7) is 3.81. The first-order valence-electron chi connectivity index (χ1n) is 16.8. The highest BCUT2D eigenvalue weighted by Crippen LogP contribution is 2.44. The average Bonchev–Trinajstić information content (AvgIpc) is 3.73. The van der Waals surface area contributed by atoms with Gasteiger partial charge < -0.3 is 14.6 Å². The fourth-order valence-corrected chi connectivity index (χ4v) is 8.60. The molecule has 2 atom stereocenters. The molecule has 44 heavy (non-hydrogen) atoms.